The molecule has 310 valence electrons. The number of ether oxygens (including phenoxy) is 2. The predicted molar refractivity (Wildman–Crippen MR) is 212 cm³/mol. The zero-order valence-electron chi connectivity index (χ0n) is 34.6. The fourth-order valence-electron chi connectivity index (χ4n) is 5.50. The second kappa shape index (κ2) is 30.3. The van der Waals surface area contributed by atoms with Crippen molar-refractivity contribution in [2.24, 2.45) is 5.73 Å². The third kappa shape index (κ3) is 33.2. The van der Waals surface area contributed by atoms with Gasteiger partial charge >= 0.3 is 12.2 Å². The number of nitrogens with one attached hydrogen (secondary N) is 5. The third-order valence-electron chi connectivity index (χ3n) is 8.40. The Balaban J connectivity index is 4.49. The van der Waals surface area contributed by atoms with E-state index >= 15 is 0 Å². The Morgan fingerprint density at radius 3 is 1.43 bits per heavy atom. The second-order valence-corrected chi connectivity index (χ2v) is 16.2. The molecular weight excluding hydrogens is 676 g/mol. The van der Waals surface area contributed by atoms with Gasteiger partial charge in [-0.15, -0.1) is 0 Å². The average Bonchev–Trinajstić information content (AvgIpc) is 3.05. The van der Waals surface area contributed by atoms with Crippen molar-refractivity contribution in [2.75, 3.05) is 26.2 Å². The fourth-order valence-corrected chi connectivity index (χ4v) is 5.50. The Morgan fingerprint density at radius 2 is 0.925 bits per heavy atom. The standard InChI is InChI=1S/C40H78N6O7/c1-8-9-10-11-12-13-14-15-18-27-34(47)42-28-21-16-17-22-29-43-36(49)33(26-20-24-31-45-38(51)53-40(5,6)7)46-35(48)32(41)25-19-23-30-44-37(50)52-39(2,3)4/h32-33H,8-31,41H2,1-7H3,(H,42,47)(H,43,49)(H,44,50)(H,45,51)(H,46,48). The van der Waals surface area contributed by atoms with Crippen LogP contribution in [0.25, 0.3) is 0 Å². The minimum Gasteiger partial charge on any atom is -0.444 e. The van der Waals surface area contributed by atoms with Crippen LogP contribution in [0.2, 0.25) is 0 Å². The number of amides is 5. The van der Waals surface area contributed by atoms with E-state index in [0.717, 1.165) is 38.5 Å². The number of hydrogen-bond acceptors (Lipinski definition) is 8. The highest BCUT2D eigenvalue weighted by Gasteiger charge is 2.24. The van der Waals surface area contributed by atoms with Gasteiger partial charge in [-0.1, -0.05) is 71.1 Å². The van der Waals surface area contributed by atoms with Gasteiger partial charge in [-0.2, -0.15) is 0 Å². The van der Waals surface area contributed by atoms with Crippen molar-refractivity contribution in [1.82, 2.24) is 26.6 Å². The van der Waals surface area contributed by atoms with E-state index in [-0.39, 0.29) is 11.8 Å². The monoisotopic (exact) mass is 755 g/mol. The third-order valence-corrected chi connectivity index (χ3v) is 8.40. The van der Waals surface area contributed by atoms with E-state index < -0.39 is 41.4 Å². The van der Waals surface area contributed by atoms with Crippen LogP contribution in [-0.4, -0.2) is 79.4 Å². The summed E-state index contributed by atoms with van der Waals surface area (Å²) in [6, 6.07) is -1.56. The smallest absolute Gasteiger partial charge is 0.407 e. The van der Waals surface area contributed by atoms with E-state index in [9.17, 15) is 24.0 Å². The summed E-state index contributed by atoms with van der Waals surface area (Å²) in [5, 5.41) is 14.2. The molecule has 0 aliphatic rings. The van der Waals surface area contributed by atoms with Crippen molar-refractivity contribution in [2.45, 2.75) is 200 Å². The highest BCUT2D eigenvalue weighted by molar-refractivity contribution is 5.89. The van der Waals surface area contributed by atoms with Crippen molar-refractivity contribution in [1.29, 1.82) is 0 Å². The van der Waals surface area contributed by atoms with Gasteiger partial charge in [0.05, 0.1) is 6.04 Å². The first-order chi connectivity index (χ1) is 25.0. The summed E-state index contributed by atoms with van der Waals surface area (Å²) >= 11 is 0. The molecule has 0 aromatic carbocycles. The molecule has 2 atom stereocenters. The quantitative estimate of drug-likeness (QED) is 0.0427. The van der Waals surface area contributed by atoms with Crippen LogP contribution >= 0.6 is 0 Å². The first-order valence-corrected chi connectivity index (χ1v) is 20.6. The molecular formula is C40H78N6O7. The topological polar surface area (TPSA) is 190 Å². The van der Waals surface area contributed by atoms with Gasteiger partial charge in [0.15, 0.2) is 0 Å². The Bertz CT molecular complexity index is 1010. The number of carbonyl (C=O) groups excluding carboxylic acids is 5. The summed E-state index contributed by atoms with van der Waals surface area (Å²) in [5.74, 6) is -0.545. The highest BCUT2D eigenvalue weighted by Crippen LogP contribution is 2.11. The SMILES string of the molecule is CCCCCCCCCCCC(=O)NCCCCCCNC(=O)C(CCCCNC(=O)OC(C)(C)C)NC(=O)C(N)CCCCNC(=O)OC(C)(C)C. The van der Waals surface area contributed by atoms with Crippen molar-refractivity contribution in [3.05, 3.63) is 0 Å². The maximum atomic E-state index is 13.1. The molecule has 0 spiro atoms. The van der Waals surface area contributed by atoms with Gasteiger partial charge < -0.3 is 41.8 Å². The summed E-state index contributed by atoms with van der Waals surface area (Å²) < 4.78 is 10.5. The molecule has 5 amide bonds. The number of carbonyl (C=O) groups is 5. The molecule has 0 bridgehead atoms. The normalized spacial score (nSPS) is 12.7. The Kier molecular flexibility index (Phi) is 28.5. The lowest BCUT2D eigenvalue weighted by atomic mass is 10.1. The summed E-state index contributed by atoms with van der Waals surface area (Å²) in [7, 11) is 0. The zero-order chi connectivity index (χ0) is 40.0. The minimum absolute atomic E-state index is 0.129. The molecule has 0 aliphatic carbocycles. The number of alkyl carbamates (subject to hydrolysis) is 2. The highest BCUT2D eigenvalue weighted by atomic mass is 16.6. The van der Waals surface area contributed by atoms with E-state index in [4.69, 9.17) is 15.2 Å². The number of rotatable bonds is 30. The average molecular weight is 755 g/mol. The summed E-state index contributed by atoms with van der Waals surface area (Å²) in [4.78, 5) is 62.0. The molecule has 2 unspecified atom stereocenters. The van der Waals surface area contributed by atoms with Crippen LogP contribution in [-0.2, 0) is 23.9 Å². The van der Waals surface area contributed by atoms with Gasteiger partial charge in [-0.25, -0.2) is 9.59 Å². The molecule has 13 heteroatoms. The number of nitrogens with two attached hydrogens (primary N) is 1. The molecule has 0 aromatic heterocycles. The van der Waals surface area contributed by atoms with Gasteiger partial charge in [-0.3, -0.25) is 14.4 Å². The van der Waals surface area contributed by atoms with E-state index in [2.05, 4.69) is 33.5 Å². The van der Waals surface area contributed by atoms with Crippen LogP contribution in [0.5, 0.6) is 0 Å². The summed E-state index contributed by atoms with van der Waals surface area (Å²) in [5.41, 5.74) is 5.00. The zero-order valence-corrected chi connectivity index (χ0v) is 34.6. The van der Waals surface area contributed by atoms with Gasteiger partial charge in [0.25, 0.3) is 0 Å². The van der Waals surface area contributed by atoms with Crippen molar-refractivity contribution >= 4 is 29.9 Å². The predicted octanol–water partition coefficient (Wildman–Crippen LogP) is 6.90. The van der Waals surface area contributed by atoms with Crippen LogP contribution in [0.4, 0.5) is 9.59 Å². The Morgan fingerprint density at radius 1 is 0.509 bits per heavy atom. The van der Waals surface area contributed by atoms with Gasteiger partial charge in [-0.05, 0) is 99.3 Å². The molecule has 0 saturated carbocycles. The van der Waals surface area contributed by atoms with E-state index in [1.165, 1.54) is 44.9 Å². The van der Waals surface area contributed by atoms with E-state index in [1.807, 2.05) is 0 Å². The minimum atomic E-state index is -0.800. The molecule has 53 heavy (non-hydrogen) atoms. The lowest BCUT2D eigenvalue weighted by molar-refractivity contribution is -0.129. The summed E-state index contributed by atoms with van der Waals surface area (Å²) in [6.45, 7) is 14.9. The van der Waals surface area contributed by atoms with Gasteiger partial charge in [0.2, 0.25) is 17.7 Å². The van der Waals surface area contributed by atoms with Crippen LogP contribution in [0.3, 0.4) is 0 Å². The van der Waals surface area contributed by atoms with Crippen molar-refractivity contribution < 1.29 is 33.4 Å². The lowest BCUT2D eigenvalue weighted by Gasteiger charge is -2.21. The fraction of sp³-hybridized carbons (Fsp3) is 0.875. The number of unbranched alkanes of at least 4 members (excludes halogenated alkanes) is 13. The van der Waals surface area contributed by atoms with Gasteiger partial charge in [0, 0.05) is 32.6 Å². The molecule has 0 saturated heterocycles. The molecule has 0 rings (SSSR count). The van der Waals surface area contributed by atoms with Crippen LogP contribution < -0.4 is 32.3 Å². The van der Waals surface area contributed by atoms with Crippen LogP contribution in [0, 0.1) is 0 Å². The van der Waals surface area contributed by atoms with E-state index in [0.29, 0.717) is 71.1 Å². The number of hydrogen-bond donors (Lipinski definition) is 6. The maximum Gasteiger partial charge on any atom is 0.407 e. The molecule has 0 aromatic rings. The molecule has 0 aliphatic heterocycles. The molecule has 0 heterocycles. The molecule has 0 radical (unpaired) electrons. The van der Waals surface area contributed by atoms with E-state index in [1.54, 1.807) is 41.5 Å². The Hall–Kier alpha value is -3.09. The second-order valence-electron chi connectivity index (χ2n) is 16.2. The first-order valence-electron chi connectivity index (χ1n) is 20.6. The van der Waals surface area contributed by atoms with Crippen molar-refractivity contribution in [3.8, 4) is 0 Å². The maximum absolute atomic E-state index is 13.1. The Labute approximate surface area is 321 Å². The molecule has 0 fully saturated rings. The van der Waals surface area contributed by atoms with Crippen LogP contribution in [0.15, 0.2) is 0 Å². The largest absolute Gasteiger partial charge is 0.444 e. The van der Waals surface area contributed by atoms with Crippen molar-refractivity contribution in [3.63, 3.8) is 0 Å². The first kappa shape index (κ1) is 49.9. The van der Waals surface area contributed by atoms with Gasteiger partial charge in [0.1, 0.15) is 17.2 Å². The summed E-state index contributed by atoms with van der Waals surface area (Å²) in [6.07, 6.45) is 17.5. The molecule has 13 nitrogen and oxygen atoms in total. The molecule has 7 N–H and O–H groups in total. The van der Waals surface area contributed by atoms with Crippen LogP contribution in [0.1, 0.15) is 177 Å². The lowest BCUT2D eigenvalue weighted by Crippen LogP contribution is -2.51.